The molecule has 0 fully saturated rings. The van der Waals surface area contributed by atoms with Crippen LogP contribution >= 0.6 is 0 Å². The van der Waals surface area contributed by atoms with Gasteiger partial charge in [0, 0.05) is 13.1 Å². The van der Waals surface area contributed by atoms with Gasteiger partial charge in [0.15, 0.2) is 0 Å². The van der Waals surface area contributed by atoms with Crippen LogP contribution < -0.4 is 0 Å². The first-order valence-electron chi connectivity index (χ1n) is 4.71. The van der Waals surface area contributed by atoms with E-state index in [0.29, 0.717) is 12.1 Å². The quantitative estimate of drug-likeness (QED) is 0.467. The highest BCUT2D eigenvalue weighted by Gasteiger charge is 2.27. The smallest absolute Gasteiger partial charge is 0.305 e. The lowest BCUT2D eigenvalue weighted by molar-refractivity contribution is -0.387. The summed E-state index contributed by atoms with van der Waals surface area (Å²) in [7, 11) is 1.24. The lowest BCUT2D eigenvalue weighted by atomic mass is 10.1. The van der Waals surface area contributed by atoms with Crippen molar-refractivity contribution < 1.29 is 18.5 Å². The van der Waals surface area contributed by atoms with Gasteiger partial charge in [-0.1, -0.05) is 5.92 Å². The highest BCUT2D eigenvalue weighted by atomic mass is 19.1. The van der Waals surface area contributed by atoms with Crippen LogP contribution in [0.3, 0.4) is 0 Å². The maximum atomic E-state index is 13.7. The van der Waals surface area contributed by atoms with Crippen molar-refractivity contribution >= 4 is 11.6 Å². The number of nitro groups is 1. The molecule has 1 amide bonds. The summed E-state index contributed by atoms with van der Waals surface area (Å²) in [6, 6.07) is 1.32. The summed E-state index contributed by atoms with van der Waals surface area (Å²) >= 11 is 0. The van der Waals surface area contributed by atoms with E-state index >= 15 is 0 Å². The number of terminal acetylenes is 1. The second-order valence-corrected chi connectivity index (χ2v) is 3.38. The van der Waals surface area contributed by atoms with Gasteiger partial charge in [-0.15, -0.1) is 6.42 Å². The van der Waals surface area contributed by atoms with Crippen molar-refractivity contribution in [3.05, 3.63) is 39.4 Å². The molecule has 94 valence electrons. The SMILES string of the molecule is C#CCN(C)C(=O)c1c(F)ccc([N+](=O)[O-])c1F. The highest BCUT2D eigenvalue weighted by Crippen LogP contribution is 2.23. The van der Waals surface area contributed by atoms with Crippen LogP contribution in [0.2, 0.25) is 0 Å². The van der Waals surface area contributed by atoms with E-state index in [-0.39, 0.29) is 6.54 Å². The highest BCUT2D eigenvalue weighted by molar-refractivity contribution is 5.95. The van der Waals surface area contributed by atoms with Crippen LogP contribution in [0.4, 0.5) is 14.5 Å². The molecule has 18 heavy (non-hydrogen) atoms. The van der Waals surface area contributed by atoms with Crippen molar-refractivity contribution in [1.82, 2.24) is 4.90 Å². The molecule has 7 heteroatoms. The first-order valence-corrected chi connectivity index (χ1v) is 4.71. The number of hydrogen-bond acceptors (Lipinski definition) is 3. The Balaban J connectivity index is 3.32. The van der Waals surface area contributed by atoms with E-state index in [1.807, 2.05) is 0 Å². The molecule has 0 spiro atoms. The number of amides is 1. The molecular formula is C11H8F2N2O3. The fourth-order valence-corrected chi connectivity index (χ4v) is 1.28. The van der Waals surface area contributed by atoms with Gasteiger partial charge in [0.1, 0.15) is 11.4 Å². The van der Waals surface area contributed by atoms with Crippen LogP contribution in [0.15, 0.2) is 12.1 Å². The van der Waals surface area contributed by atoms with Crippen LogP contribution in [0.1, 0.15) is 10.4 Å². The molecule has 0 saturated heterocycles. The Kier molecular flexibility index (Phi) is 3.94. The number of nitro benzene ring substituents is 1. The largest absolute Gasteiger partial charge is 0.330 e. The normalized spacial score (nSPS) is 9.67. The average Bonchev–Trinajstić information content (AvgIpc) is 2.28. The maximum Gasteiger partial charge on any atom is 0.305 e. The second-order valence-electron chi connectivity index (χ2n) is 3.38. The zero-order valence-corrected chi connectivity index (χ0v) is 9.31. The summed E-state index contributed by atoms with van der Waals surface area (Å²) in [6.45, 7) is -0.166. The van der Waals surface area contributed by atoms with Crippen molar-refractivity contribution in [2.24, 2.45) is 0 Å². The van der Waals surface area contributed by atoms with E-state index in [1.165, 1.54) is 7.05 Å². The summed E-state index contributed by atoms with van der Waals surface area (Å²) in [5.74, 6) is -1.61. The minimum absolute atomic E-state index is 0.166. The zero-order valence-electron chi connectivity index (χ0n) is 9.31. The Hall–Kier alpha value is -2.49. The minimum Gasteiger partial charge on any atom is -0.330 e. The number of nitrogens with zero attached hydrogens (tertiary/aromatic N) is 2. The van der Waals surface area contributed by atoms with Gasteiger partial charge in [-0.25, -0.2) is 4.39 Å². The van der Waals surface area contributed by atoms with Gasteiger partial charge in [0.25, 0.3) is 5.91 Å². The molecule has 0 aliphatic rings. The van der Waals surface area contributed by atoms with Crippen LogP contribution in [-0.4, -0.2) is 29.3 Å². The molecule has 0 aliphatic carbocycles. The summed E-state index contributed by atoms with van der Waals surface area (Å²) in [5.41, 5.74) is -1.95. The van der Waals surface area contributed by atoms with Crippen LogP contribution in [0, 0.1) is 34.1 Å². The lowest BCUT2D eigenvalue weighted by Crippen LogP contribution is -2.29. The van der Waals surface area contributed by atoms with Gasteiger partial charge in [-0.2, -0.15) is 4.39 Å². The molecule has 0 heterocycles. The first-order chi connectivity index (χ1) is 8.40. The van der Waals surface area contributed by atoms with E-state index < -0.39 is 33.7 Å². The van der Waals surface area contributed by atoms with Gasteiger partial charge in [0.2, 0.25) is 5.82 Å². The third-order valence-corrected chi connectivity index (χ3v) is 2.16. The van der Waals surface area contributed by atoms with E-state index in [2.05, 4.69) is 5.92 Å². The third-order valence-electron chi connectivity index (χ3n) is 2.16. The summed E-state index contributed by atoms with van der Waals surface area (Å²) in [6.07, 6.45) is 4.96. The van der Waals surface area contributed by atoms with Crippen molar-refractivity contribution in [1.29, 1.82) is 0 Å². The Morgan fingerprint density at radius 3 is 2.67 bits per heavy atom. The third kappa shape index (κ3) is 2.43. The summed E-state index contributed by atoms with van der Waals surface area (Å²) in [5, 5.41) is 10.5. The molecule has 1 rings (SSSR count). The van der Waals surface area contributed by atoms with E-state index in [9.17, 15) is 23.7 Å². The monoisotopic (exact) mass is 254 g/mol. The molecular weight excluding hydrogens is 246 g/mol. The molecule has 5 nitrogen and oxygen atoms in total. The Labute approximate surface area is 101 Å². The topological polar surface area (TPSA) is 63.5 Å². The van der Waals surface area contributed by atoms with Gasteiger partial charge < -0.3 is 4.90 Å². The number of rotatable bonds is 3. The lowest BCUT2D eigenvalue weighted by Gasteiger charge is -2.14. The molecule has 0 N–H and O–H groups in total. The Bertz CT molecular complexity index is 552. The maximum absolute atomic E-state index is 13.7. The molecule has 1 aromatic carbocycles. The minimum atomic E-state index is -1.51. The number of halogens is 2. The van der Waals surface area contributed by atoms with Gasteiger partial charge in [-0.3, -0.25) is 14.9 Å². The van der Waals surface area contributed by atoms with E-state index in [1.54, 1.807) is 0 Å². The molecule has 0 saturated carbocycles. The number of hydrogen-bond donors (Lipinski definition) is 0. The number of benzene rings is 1. The zero-order chi connectivity index (χ0) is 13.9. The summed E-state index contributed by atoms with van der Waals surface area (Å²) < 4.78 is 27.0. The van der Waals surface area contributed by atoms with Crippen LogP contribution in [-0.2, 0) is 0 Å². The van der Waals surface area contributed by atoms with Gasteiger partial charge >= 0.3 is 5.69 Å². The summed E-state index contributed by atoms with van der Waals surface area (Å²) in [4.78, 5) is 22.0. The van der Waals surface area contributed by atoms with Crippen LogP contribution in [0.25, 0.3) is 0 Å². The molecule has 0 atom stereocenters. The molecule has 0 bridgehead atoms. The molecule has 1 aromatic rings. The Morgan fingerprint density at radius 1 is 1.56 bits per heavy atom. The second kappa shape index (κ2) is 5.23. The average molecular weight is 254 g/mol. The predicted molar refractivity (Wildman–Crippen MR) is 58.8 cm³/mol. The Morgan fingerprint density at radius 2 is 2.17 bits per heavy atom. The number of carbonyl (C=O) groups excluding carboxylic acids is 1. The van der Waals surface area contributed by atoms with Crippen molar-refractivity contribution in [2.45, 2.75) is 0 Å². The first kappa shape index (κ1) is 13.6. The molecule has 0 aliphatic heterocycles. The molecule has 0 aromatic heterocycles. The standard InChI is InChI=1S/C11H8F2N2O3/c1-3-6-14(2)11(16)9-7(12)4-5-8(10(9)13)15(17)18/h1,4-5H,6H2,2H3. The fourth-order valence-electron chi connectivity index (χ4n) is 1.28. The van der Waals surface area contributed by atoms with Crippen molar-refractivity contribution in [3.8, 4) is 12.3 Å². The predicted octanol–water partition coefficient (Wildman–Crippen LogP) is 1.58. The van der Waals surface area contributed by atoms with Crippen LogP contribution in [0.5, 0.6) is 0 Å². The molecule has 0 radical (unpaired) electrons. The van der Waals surface area contributed by atoms with Crippen molar-refractivity contribution in [3.63, 3.8) is 0 Å². The molecule has 0 unspecified atom stereocenters. The number of carbonyl (C=O) groups is 1. The van der Waals surface area contributed by atoms with E-state index in [0.717, 1.165) is 4.90 Å². The van der Waals surface area contributed by atoms with Gasteiger partial charge in [-0.05, 0) is 6.07 Å². The van der Waals surface area contributed by atoms with Gasteiger partial charge in [0.05, 0.1) is 11.5 Å². The fraction of sp³-hybridized carbons (Fsp3) is 0.182. The van der Waals surface area contributed by atoms with E-state index in [4.69, 9.17) is 6.42 Å². The van der Waals surface area contributed by atoms with Crippen molar-refractivity contribution in [2.75, 3.05) is 13.6 Å².